The Labute approximate surface area is 223 Å². The Morgan fingerprint density at radius 2 is 1.75 bits per heavy atom. The van der Waals surface area contributed by atoms with Gasteiger partial charge in [0.1, 0.15) is 21.5 Å². The molecule has 3 aromatic carbocycles. The van der Waals surface area contributed by atoms with E-state index >= 15 is 0 Å². The van der Waals surface area contributed by atoms with Gasteiger partial charge in [-0.2, -0.15) is 0 Å². The standard InChI is InChI=1S/C28H23N3O2S2.ClH/c1-31-15-14-21-24(17-31)35-28(25(21)27-29-22-12-5-6-13-23(22)34-27)30-26(32)18-8-7-11-20(16-18)33-19-9-3-2-4-10-19;/h2-13,16H,14-15,17H2,1H3,(H,30,32);1H. The van der Waals surface area contributed by atoms with Gasteiger partial charge in [-0.3, -0.25) is 4.79 Å². The van der Waals surface area contributed by atoms with E-state index in [0.717, 1.165) is 51.0 Å². The van der Waals surface area contributed by atoms with Crippen molar-refractivity contribution >= 4 is 56.2 Å². The number of thiophene rings is 1. The first-order valence-electron chi connectivity index (χ1n) is 11.5. The minimum absolute atomic E-state index is 0. The van der Waals surface area contributed by atoms with Crippen LogP contribution in [0.1, 0.15) is 20.8 Å². The molecule has 2 aromatic heterocycles. The first-order chi connectivity index (χ1) is 17.1. The summed E-state index contributed by atoms with van der Waals surface area (Å²) in [7, 11) is 2.14. The van der Waals surface area contributed by atoms with Crippen LogP contribution in [0.3, 0.4) is 0 Å². The lowest BCUT2D eigenvalue weighted by atomic mass is 10.0. The molecule has 6 rings (SSSR count). The third kappa shape index (κ3) is 4.88. The van der Waals surface area contributed by atoms with Crippen LogP contribution in [0.4, 0.5) is 5.00 Å². The number of rotatable bonds is 5. The van der Waals surface area contributed by atoms with Crippen LogP contribution < -0.4 is 10.1 Å². The predicted octanol–water partition coefficient (Wildman–Crippen LogP) is 7.48. The van der Waals surface area contributed by atoms with Gasteiger partial charge in [0.2, 0.25) is 0 Å². The molecule has 1 N–H and O–H groups in total. The molecule has 0 spiro atoms. The summed E-state index contributed by atoms with van der Waals surface area (Å²) >= 11 is 3.34. The van der Waals surface area contributed by atoms with Gasteiger partial charge in [-0.1, -0.05) is 36.4 Å². The van der Waals surface area contributed by atoms with Gasteiger partial charge < -0.3 is 15.0 Å². The lowest BCUT2D eigenvalue weighted by molar-refractivity contribution is 0.102. The van der Waals surface area contributed by atoms with Crippen LogP contribution in [0.15, 0.2) is 78.9 Å². The van der Waals surface area contributed by atoms with Crippen LogP contribution in [0, 0.1) is 0 Å². The lowest BCUT2D eigenvalue weighted by Crippen LogP contribution is -2.25. The maximum Gasteiger partial charge on any atom is 0.256 e. The zero-order chi connectivity index (χ0) is 23.8. The highest BCUT2D eigenvalue weighted by Gasteiger charge is 2.27. The molecule has 0 saturated carbocycles. The number of hydrogen-bond acceptors (Lipinski definition) is 6. The van der Waals surface area contributed by atoms with Crippen molar-refractivity contribution in [2.45, 2.75) is 13.0 Å². The molecule has 0 atom stereocenters. The molecule has 0 bridgehead atoms. The van der Waals surface area contributed by atoms with Gasteiger partial charge in [0.05, 0.1) is 10.2 Å². The Kier molecular flexibility index (Phi) is 7.07. The van der Waals surface area contributed by atoms with E-state index in [2.05, 4.69) is 23.3 Å². The minimum atomic E-state index is -0.155. The SMILES string of the molecule is CN1CCc2c(sc(NC(=O)c3cccc(Oc4ccccc4)c3)c2-c2nc3ccccc3s2)C1.Cl. The van der Waals surface area contributed by atoms with Crippen LogP contribution in [-0.4, -0.2) is 29.4 Å². The zero-order valence-corrected chi connectivity index (χ0v) is 22.0. The average molecular weight is 534 g/mol. The Bertz CT molecular complexity index is 1500. The lowest BCUT2D eigenvalue weighted by Gasteiger charge is -2.22. The minimum Gasteiger partial charge on any atom is -0.457 e. The zero-order valence-electron chi connectivity index (χ0n) is 19.6. The van der Waals surface area contributed by atoms with E-state index in [0.29, 0.717) is 11.3 Å². The molecule has 0 saturated heterocycles. The number of fused-ring (bicyclic) bond motifs is 2. The Morgan fingerprint density at radius 1 is 0.972 bits per heavy atom. The molecule has 1 aliphatic rings. The number of thiazole rings is 1. The normalized spacial score (nSPS) is 13.1. The molecule has 0 unspecified atom stereocenters. The van der Waals surface area contributed by atoms with Crippen molar-refractivity contribution < 1.29 is 9.53 Å². The number of carbonyl (C=O) groups excluding carboxylic acids is 1. The van der Waals surface area contributed by atoms with Gasteiger partial charge >= 0.3 is 0 Å². The number of benzene rings is 3. The van der Waals surface area contributed by atoms with Crippen molar-refractivity contribution in [2.75, 3.05) is 18.9 Å². The molecule has 5 aromatic rings. The first kappa shape index (κ1) is 24.5. The first-order valence-corrected chi connectivity index (χ1v) is 13.1. The highest BCUT2D eigenvalue weighted by atomic mass is 35.5. The van der Waals surface area contributed by atoms with Crippen molar-refractivity contribution in [1.82, 2.24) is 9.88 Å². The van der Waals surface area contributed by atoms with Gasteiger partial charge in [0, 0.05) is 29.1 Å². The van der Waals surface area contributed by atoms with Crippen molar-refractivity contribution in [3.63, 3.8) is 0 Å². The van der Waals surface area contributed by atoms with E-state index in [1.54, 1.807) is 28.7 Å². The molecule has 0 fully saturated rings. The second-order valence-electron chi connectivity index (χ2n) is 8.58. The van der Waals surface area contributed by atoms with Crippen molar-refractivity contribution in [2.24, 2.45) is 0 Å². The molecular weight excluding hydrogens is 510 g/mol. The average Bonchev–Trinajstić information content (AvgIpc) is 3.45. The molecule has 3 heterocycles. The third-order valence-electron chi connectivity index (χ3n) is 6.06. The van der Waals surface area contributed by atoms with Crippen LogP contribution in [0.5, 0.6) is 11.5 Å². The summed E-state index contributed by atoms with van der Waals surface area (Å²) in [4.78, 5) is 21.9. The van der Waals surface area contributed by atoms with Crippen molar-refractivity contribution in [3.05, 3.63) is 94.9 Å². The second-order valence-corrected chi connectivity index (χ2v) is 10.7. The quantitative estimate of drug-likeness (QED) is 0.254. The Hall–Kier alpha value is -3.23. The predicted molar refractivity (Wildman–Crippen MR) is 151 cm³/mol. The smallest absolute Gasteiger partial charge is 0.256 e. The number of aromatic nitrogens is 1. The van der Waals surface area contributed by atoms with E-state index in [1.807, 2.05) is 66.7 Å². The topological polar surface area (TPSA) is 54.5 Å². The Morgan fingerprint density at radius 3 is 2.58 bits per heavy atom. The molecule has 0 radical (unpaired) electrons. The van der Waals surface area contributed by atoms with E-state index in [9.17, 15) is 4.79 Å². The number of anilines is 1. The second kappa shape index (κ2) is 10.4. The van der Waals surface area contributed by atoms with Crippen LogP contribution in [0.2, 0.25) is 0 Å². The number of likely N-dealkylation sites (N-methyl/N-ethyl adjacent to an activating group) is 1. The number of carbonyl (C=O) groups is 1. The molecule has 1 amide bonds. The molecular formula is C28H24ClN3O2S2. The highest BCUT2D eigenvalue weighted by Crippen LogP contribution is 2.45. The Balaban J connectivity index is 0.00000267. The number of halogens is 1. The molecule has 36 heavy (non-hydrogen) atoms. The summed E-state index contributed by atoms with van der Waals surface area (Å²) in [5, 5.41) is 5.03. The number of ether oxygens (including phenoxy) is 1. The molecule has 1 aliphatic heterocycles. The van der Waals surface area contributed by atoms with Gasteiger partial charge in [0.25, 0.3) is 5.91 Å². The van der Waals surface area contributed by atoms with E-state index in [1.165, 1.54) is 10.4 Å². The third-order valence-corrected chi connectivity index (χ3v) is 8.24. The van der Waals surface area contributed by atoms with Crippen LogP contribution in [-0.2, 0) is 13.0 Å². The van der Waals surface area contributed by atoms with Crippen LogP contribution >= 0.6 is 35.1 Å². The van der Waals surface area contributed by atoms with Gasteiger partial charge in [-0.25, -0.2) is 4.98 Å². The molecule has 8 heteroatoms. The van der Waals surface area contributed by atoms with Crippen molar-refractivity contribution in [1.29, 1.82) is 0 Å². The molecule has 0 aliphatic carbocycles. The van der Waals surface area contributed by atoms with E-state index in [-0.39, 0.29) is 18.3 Å². The fourth-order valence-corrected chi connectivity index (χ4v) is 6.76. The fourth-order valence-electron chi connectivity index (χ4n) is 4.33. The summed E-state index contributed by atoms with van der Waals surface area (Å²) < 4.78 is 7.08. The summed E-state index contributed by atoms with van der Waals surface area (Å²) in [6, 6.07) is 25.0. The summed E-state index contributed by atoms with van der Waals surface area (Å²) in [5.74, 6) is 1.21. The summed E-state index contributed by atoms with van der Waals surface area (Å²) in [6.07, 6.45) is 0.948. The monoisotopic (exact) mass is 533 g/mol. The van der Waals surface area contributed by atoms with Gasteiger partial charge in [-0.15, -0.1) is 35.1 Å². The number of nitrogens with one attached hydrogen (secondary N) is 1. The van der Waals surface area contributed by atoms with E-state index in [4.69, 9.17) is 9.72 Å². The van der Waals surface area contributed by atoms with Crippen LogP contribution in [0.25, 0.3) is 20.8 Å². The largest absolute Gasteiger partial charge is 0.457 e. The number of nitrogens with zero attached hydrogens (tertiary/aromatic N) is 2. The maximum absolute atomic E-state index is 13.4. The number of para-hydroxylation sites is 2. The molecule has 5 nitrogen and oxygen atoms in total. The van der Waals surface area contributed by atoms with E-state index < -0.39 is 0 Å². The number of hydrogen-bond donors (Lipinski definition) is 1. The van der Waals surface area contributed by atoms with Crippen molar-refractivity contribution in [3.8, 4) is 22.1 Å². The summed E-state index contributed by atoms with van der Waals surface area (Å²) in [6.45, 7) is 1.88. The molecule has 182 valence electrons. The highest BCUT2D eigenvalue weighted by molar-refractivity contribution is 7.23. The fraction of sp³-hybridized carbons (Fsp3) is 0.143. The summed E-state index contributed by atoms with van der Waals surface area (Å²) in [5.41, 5.74) is 3.92. The maximum atomic E-state index is 13.4. The van der Waals surface area contributed by atoms with Gasteiger partial charge in [-0.05, 0) is 61.5 Å². The number of amides is 1. The van der Waals surface area contributed by atoms with Gasteiger partial charge in [0.15, 0.2) is 0 Å².